The topological polar surface area (TPSA) is 49.9 Å². The van der Waals surface area contributed by atoms with E-state index in [1.807, 2.05) is 36.1 Å². The third kappa shape index (κ3) is 5.84. The molecule has 3 aromatic carbocycles. The molecule has 176 valence electrons. The molecule has 5 heteroatoms. The number of hydrogen-bond donors (Lipinski definition) is 0. The van der Waals surface area contributed by atoms with Crippen molar-refractivity contribution >= 4 is 11.8 Å². The molecule has 0 bridgehead atoms. The van der Waals surface area contributed by atoms with Gasteiger partial charge in [-0.15, -0.1) is 0 Å². The summed E-state index contributed by atoms with van der Waals surface area (Å²) in [4.78, 5) is 30.2. The summed E-state index contributed by atoms with van der Waals surface area (Å²) in [5, 5.41) is 0. The fourth-order valence-electron chi connectivity index (χ4n) is 4.52. The van der Waals surface area contributed by atoms with Gasteiger partial charge in [-0.3, -0.25) is 9.59 Å². The van der Waals surface area contributed by atoms with Gasteiger partial charge in [-0.2, -0.15) is 0 Å². The lowest BCUT2D eigenvalue weighted by Gasteiger charge is -2.41. The molecule has 1 aliphatic heterocycles. The molecule has 1 aliphatic rings. The molecule has 0 saturated carbocycles. The first-order chi connectivity index (χ1) is 16.5. The maximum absolute atomic E-state index is 13.3. The Bertz CT molecular complexity index is 1110. The van der Waals surface area contributed by atoms with Crippen molar-refractivity contribution in [2.45, 2.75) is 39.3 Å². The van der Waals surface area contributed by atoms with Gasteiger partial charge in [0.2, 0.25) is 5.91 Å². The molecular formula is C29H32N2O3. The van der Waals surface area contributed by atoms with Crippen molar-refractivity contribution in [3.05, 3.63) is 101 Å². The number of ether oxygens (including phenoxy) is 1. The highest BCUT2D eigenvalue weighted by Gasteiger charge is 2.34. The lowest BCUT2D eigenvalue weighted by atomic mass is 10.00. The van der Waals surface area contributed by atoms with Crippen LogP contribution >= 0.6 is 0 Å². The number of nitrogens with zero attached hydrogens (tertiary/aromatic N) is 2. The van der Waals surface area contributed by atoms with Crippen LogP contribution in [0.3, 0.4) is 0 Å². The van der Waals surface area contributed by atoms with Crippen LogP contribution in [-0.4, -0.2) is 47.4 Å². The standard InChI is InChI=1S/C29H32N2O3/c1-3-34-27-16-13-25(14-17-27)29(33)30-20-26(15-12-23-9-5-4-6-10-23)31(28(32)21-30)19-24-11-7-8-22(2)18-24/h4-11,13-14,16-18,26H,3,12,15,19-21H2,1-2H3/t26-/m0/s1. The minimum Gasteiger partial charge on any atom is -0.494 e. The Morgan fingerprint density at radius 1 is 0.971 bits per heavy atom. The summed E-state index contributed by atoms with van der Waals surface area (Å²) in [6.07, 6.45) is 1.66. The fourth-order valence-corrected chi connectivity index (χ4v) is 4.52. The molecule has 0 unspecified atom stereocenters. The van der Waals surface area contributed by atoms with Crippen LogP contribution in [-0.2, 0) is 17.8 Å². The van der Waals surface area contributed by atoms with E-state index in [0.29, 0.717) is 25.3 Å². The Morgan fingerprint density at radius 3 is 2.41 bits per heavy atom. The van der Waals surface area contributed by atoms with Crippen LogP contribution < -0.4 is 4.74 Å². The predicted molar refractivity (Wildman–Crippen MR) is 134 cm³/mol. The quantitative estimate of drug-likeness (QED) is 0.485. The summed E-state index contributed by atoms with van der Waals surface area (Å²) >= 11 is 0. The molecule has 1 heterocycles. The zero-order valence-electron chi connectivity index (χ0n) is 19.9. The maximum Gasteiger partial charge on any atom is 0.254 e. The zero-order chi connectivity index (χ0) is 23.9. The molecule has 4 rings (SSSR count). The number of hydrogen-bond acceptors (Lipinski definition) is 3. The molecule has 1 fully saturated rings. The second-order valence-electron chi connectivity index (χ2n) is 8.83. The third-order valence-corrected chi connectivity index (χ3v) is 6.26. The van der Waals surface area contributed by atoms with Crippen LogP contribution in [0.5, 0.6) is 5.75 Å². The summed E-state index contributed by atoms with van der Waals surface area (Å²) in [5.41, 5.74) is 4.10. The van der Waals surface area contributed by atoms with Crippen molar-refractivity contribution in [3.63, 3.8) is 0 Å². The highest BCUT2D eigenvalue weighted by molar-refractivity contribution is 5.97. The number of carbonyl (C=O) groups is 2. The number of rotatable bonds is 8. The second-order valence-corrected chi connectivity index (χ2v) is 8.83. The summed E-state index contributed by atoms with van der Waals surface area (Å²) in [6.45, 7) is 5.75. The van der Waals surface area contributed by atoms with Gasteiger partial charge < -0.3 is 14.5 Å². The summed E-state index contributed by atoms with van der Waals surface area (Å²) in [7, 11) is 0. The Balaban J connectivity index is 1.52. The minimum atomic E-state index is -0.115. The zero-order valence-corrected chi connectivity index (χ0v) is 19.9. The minimum absolute atomic E-state index is 0.00916. The average molecular weight is 457 g/mol. The summed E-state index contributed by atoms with van der Waals surface area (Å²) < 4.78 is 5.49. The molecule has 1 saturated heterocycles. The van der Waals surface area contributed by atoms with Gasteiger partial charge >= 0.3 is 0 Å². The van der Waals surface area contributed by atoms with E-state index in [1.165, 1.54) is 11.1 Å². The van der Waals surface area contributed by atoms with E-state index in [2.05, 4.69) is 37.3 Å². The predicted octanol–water partition coefficient (Wildman–Crippen LogP) is 4.88. The van der Waals surface area contributed by atoms with Crippen LogP contribution in [0.25, 0.3) is 0 Å². The lowest BCUT2D eigenvalue weighted by molar-refractivity contribution is -0.139. The highest BCUT2D eigenvalue weighted by atomic mass is 16.5. The van der Waals surface area contributed by atoms with Crippen molar-refractivity contribution in [1.29, 1.82) is 0 Å². The van der Waals surface area contributed by atoms with Crippen LogP contribution in [0.1, 0.15) is 40.4 Å². The van der Waals surface area contributed by atoms with E-state index in [9.17, 15) is 9.59 Å². The number of carbonyl (C=O) groups excluding carboxylic acids is 2. The Morgan fingerprint density at radius 2 is 1.71 bits per heavy atom. The van der Waals surface area contributed by atoms with Gasteiger partial charge in [0.05, 0.1) is 12.6 Å². The SMILES string of the molecule is CCOc1ccc(C(=O)N2CC(=O)N(Cc3cccc(C)c3)[C@@H](CCc3ccccc3)C2)cc1. The molecule has 0 N–H and O–H groups in total. The van der Waals surface area contributed by atoms with Gasteiger partial charge in [-0.25, -0.2) is 0 Å². The van der Waals surface area contributed by atoms with Crippen LogP contribution in [0.4, 0.5) is 0 Å². The van der Waals surface area contributed by atoms with Gasteiger partial charge in [-0.05, 0) is 62.1 Å². The summed E-state index contributed by atoms with van der Waals surface area (Å²) in [6, 6.07) is 25.7. The fraction of sp³-hybridized carbons (Fsp3) is 0.310. The molecule has 0 aliphatic carbocycles. The monoisotopic (exact) mass is 456 g/mol. The summed E-state index contributed by atoms with van der Waals surface area (Å²) in [5.74, 6) is 0.611. The van der Waals surface area contributed by atoms with Crippen LogP contribution in [0.2, 0.25) is 0 Å². The van der Waals surface area contributed by atoms with E-state index in [1.54, 1.807) is 29.2 Å². The van der Waals surface area contributed by atoms with Crippen molar-refractivity contribution in [2.24, 2.45) is 0 Å². The Labute approximate surface area is 202 Å². The van der Waals surface area contributed by atoms with E-state index in [4.69, 9.17) is 4.74 Å². The average Bonchev–Trinajstić information content (AvgIpc) is 2.85. The number of amides is 2. The molecule has 34 heavy (non-hydrogen) atoms. The molecule has 2 amide bonds. The molecule has 0 radical (unpaired) electrons. The first-order valence-electron chi connectivity index (χ1n) is 11.9. The molecular weight excluding hydrogens is 424 g/mol. The molecule has 1 atom stereocenters. The molecule has 5 nitrogen and oxygen atoms in total. The first kappa shape index (κ1) is 23.6. The number of piperazine rings is 1. The van der Waals surface area contributed by atoms with E-state index < -0.39 is 0 Å². The number of aryl methyl sites for hydroxylation is 2. The van der Waals surface area contributed by atoms with Gasteiger partial charge in [-0.1, -0.05) is 60.2 Å². The maximum atomic E-state index is 13.3. The second kappa shape index (κ2) is 11.0. The Hall–Kier alpha value is -3.60. The largest absolute Gasteiger partial charge is 0.494 e. The van der Waals surface area contributed by atoms with E-state index >= 15 is 0 Å². The number of benzene rings is 3. The highest BCUT2D eigenvalue weighted by Crippen LogP contribution is 2.22. The molecule has 3 aromatic rings. The van der Waals surface area contributed by atoms with Gasteiger partial charge in [0, 0.05) is 18.7 Å². The Kier molecular flexibility index (Phi) is 7.63. The molecule has 0 spiro atoms. The van der Waals surface area contributed by atoms with Gasteiger partial charge in [0.15, 0.2) is 0 Å². The van der Waals surface area contributed by atoms with Gasteiger partial charge in [0.1, 0.15) is 12.3 Å². The first-order valence-corrected chi connectivity index (χ1v) is 11.9. The lowest BCUT2D eigenvalue weighted by Crippen LogP contribution is -2.57. The van der Waals surface area contributed by atoms with Crippen LogP contribution in [0.15, 0.2) is 78.9 Å². The smallest absolute Gasteiger partial charge is 0.254 e. The van der Waals surface area contributed by atoms with Crippen molar-refractivity contribution < 1.29 is 14.3 Å². The van der Waals surface area contributed by atoms with Crippen molar-refractivity contribution in [2.75, 3.05) is 19.7 Å². The van der Waals surface area contributed by atoms with Crippen molar-refractivity contribution in [1.82, 2.24) is 9.80 Å². The van der Waals surface area contributed by atoms with Crippen LogP contribution in [0, 0.1) is 6.92 Å². The van der Waals surface area contributed by atoms with Gasteiger partial charge in [0.25, 0.3) is 5.91 Å². The third-order valence-electron chi connectivity index (χ3n) is 6.26. The normalized spacial score (nSPS) is 15.9. The molecule has 0 aromatic heterocycles. The van der Waals surface area contributed by atoms with E-state index in [-0.39, 0.29) is 24.4 Å². The van der Waals surface area contributed by atoms with E-state index in [0.717, 1.165) is 24.2 Å². The van der Waals surface area contributed by atoms with Crippen molar-refractivity contribution in [3.8, 4) is 5.75 Å².